The van der Waals surface area contributed by atoms with Crippen molar-refractivity contribution in [2.75, 3.05) is 0 Å². The number of ketones is 1. The molecule has 0 saturated carbocycles. The first kappa shape index (κ1) is 35.5. The number of aliphatic hydroxyl groups excluding tert-OH is 1. The summed E-state index contributed by atoms with van der Waals surface area (Å²) in [7, 11) is 0. The second-order valence-corrected chi connectivity index (χ2v) is 14.0. The van der Waals surface area contributed by atoms with Crippen LogP contribution in [0.2, 0.25) is 0 Å². The summed E-state index contributed by atoms with van der Waals surface area (Å²) in [5.74, 6) is -0.0158. The van der Waals surface area contributed by atoms with Crippen molar-refractivity contribution in [3.63, 3.8) is 0 Å². The zero-order valence-corrected chi connectivity index (χ0v) is 33.0. The molecule has 0 atom stereocenters. The molecule has 5 aromatic rings. The van der Waals surface area contributed by atoms with E-state index in [-0.39, 0.29) is 43.3 Å². The average molecular weight is 838 g/mol. The molecule has 1 radical (unpaired) electrons. The molecule has 3 nitrogen and oxygen atoms in total. The normalized spacial score (nSPS) is 13.3. The number of hydrogen-bond acceptors (Lipinski definition) is 3. The molecule has 1 heterocycles. The van der Waals surface area contributed by atoms with Gasteiger partial charge in [-0.05, 0) is 101 Å². The van der Waals surface area contributed by atoms with E-state index >= 15 is 0 Å². The van der Waals surface area contributed by atoms with E-state index in [0.717, 1.165) is 24.1 Å². The molecule has 0 aliphatic rings. The van der Waals surface area contributed by atoms with Crippen LogP contribution in [0, 0.1) is 29.7 Å². The van der Waals surface area contributed by atoms with E-state index in [1.54, 1.807) is 0 Å². The number of aliphatic hydroxyl groups is 1. The Bertz CT molecular complexity index is 1960. The van der Waals surface area contributed by atoms with Gasteiger partial charge in [0.1, 0.15) is 5.76 Å². The van der Waals surface area contributed by atoms with Gasteiger partial charge in [-0.1, -0.05) is 104 Å². The van der Waals surface area contributed by atoms with E-state index in [9.17, 15) is 9.90 Å². The van der Waals surface area contributed by atoms with Crippen molar-refractivity contribution in [2.24, 2.45) is 23.7 Å². The number of allylic oxidation sites excluding steroid dienone is 2. The Morgan fingerprint density at radius 1 is 0.755 bits per heavy atom. The molecule has 4 heteroatoms. The maximum atomic E-state index is 12.4. The van der Waals surface area contributed by atoms with Crippen LogP contribution in [-0.4, -0.2) is 15.9 Å². The van der Waals surface area contributed by atoms with Crippen molar-refractivity contribution in [1.82, 2.24) is 4.98 Å². The third-order valence-corrected chi connectivity index (χ3v) is 9.41. The summed E-state index contributed by atoms with van der Waals surface area (Å²) >= 11 is 0. The second kappa shape index (κ2) is 18.6. The monoisotopic (exact) mass is 838 g/mol. The predicted molar refractivity (Wildman–Crippen MR) is 207 cm³/mol. The van der Waals surface area contributed by atoms with Crippen LogP contribution in [0.4, 0.5) is 0 Å². The van der Waals surface area contributed by atoms with Crippen molar-refractivity contribution in [3.8, 4) is 11.3 Å². The minimum atomic E-state index is -2.55. The summed E-state index contributed by atoms with van der Waals surface area (Å²) in [5.41, 5.74) is 4.47. The van der Waals surface area contributed by atoms with Crippen molar-refractivity contribution in [1.29, 1.82) is 0 Å². The van der Waals surface area contributed by atoms with E-state index in [0.29, 0.717) is 37.5 Å². The van der Waals surface area contributed by atoms with Gasteiger partial charge in [0.15, 0.2) is 5.78 Å². The number of Topliss-reactive ketones (excluding diaryl/α,β-unsaturated/α-hetero) is 1. The number of pyridine rings is 1. The van der Waals surface area contributed by atoms with Crippen molar-refractivity contribution in [3.05, 3.63) is 101 Å². The molecule has 4 aromatic carbocycles. The van der Waals surface area contributed by atoms with Gasteiger partial charge in [0.05, 0.1) is 0 Å². The molecule has 0 bridgehead atoms. The summed E-state index contributed by atoms with van der Waals surface area (Å²) in [6.45, 7) is 14.0. The van der Waals surface area contributed by atoms with Crippen LogP contribution in [0.5, 0.6) is 0 Å². The molecule has 0 aliphatic carbocycles. The number of fused-ring (bicyclic) bond motifs is 5. The molecule has 49 heavy (non-hydrogen) atoms. The van der Waals surface area contributed by atoms with Crippen molar-refractivity contribution in [2.45, 2.75) is 101 Å². The first-order valence-electron chi connectivity index (χ1n) is 19.5. The SMILES string of the molecule is CC(C)Cc1[c-]c(-c2nccc3c2ccc2c4ccccc4ccc32)cc(CC(C)C)c1.[2H]C([2H])([2H])/C(C(=O)C(CC)CC)=C(/O)C(CC)CC.[Ir]. The minimum absolute atomic E-state index is 0. The van der Waals surface area contributed by atoms with E-state index in [2.05, 4.69) is 100 Å². The quantitative estimate of drug-likeness (QED) is 0.0589. The summed E-state index contributed by atoms with van der Waals surface area (Å²) in [6.07, 6.45) is 6.49. The molecule has 0 saturated heterocycles. The third kappa shape index (κ3) is 9.68. The maximum Gasteiger partial charge on any atom is 0.164 e. The Morgan fingerprint density at radius 3 is 1.98 bits per heavy atom. The van der Waals surface area contributed by atoms with Gasteiger partial charge in [-0.2, -0.15) is 0 Å². The van der Waals surface area contributed by atoms with Gasteiger partial charge in [0, 0.05) is 47.8 Å². The van der Waals surface area contributed by atoms with E-state index < -0.39 is 12.6 Å². The van der Waals surface area contributed by atoms with Crippen LogP contribution < -0.4 is 0 Å². The van der Waals surface area contributed by atoms with Crippen LogP contribution in [0.1, 0.15) is 103 Å². The van der Waals surface area contributed by atoms with Crippen LogP contribution in [0.25, 0.3) is 43.6 Å². The van der Waals surface area contributed by atoms with Crippen LogP contribution >= 0.6 is 0 Å². The minimum Gasteiger partial charge on any atom is -0.512 e. The number of hydrogen-bond donors (Lipinski definition) is 1. The van der Waals surface area contributed by atoms with Crippen molar-refractivity contribution >= 4 is 38.1 Å². The maximum absolute atomic E-state index is 12.4. The Kier molecular flexibility index (Phi) is 13.5. The predicted octanol–water partition coefficient (Wildman–Crippen LogP) is 12.7. The number of carbonyl (C=O) groups is 1. The second-order valence-electron chi connectivity index (χ2n) is 14.0. The average Bonchev–Trinajstić information content (AvgIpc) is 3.07. The Labute approximate surface area is 313 Å². The van der Waals surface area contributed by atoms with Gasteiger partial charge in [-0.25, -0.2) is 0 Å². The Hall–Kier alpha value is -3.33. The van der Waals surface area contributed by atoms with Crippen LogP contribution in [0.15, 0.2) is 84.3 Å². The topological polar surface area (TPSA) is 50.2 Å². The molecular formula is C45H56IrNO2-. The standard InChI is InChI=1S/C31H30N.C14H26O2.Ir/c1-20(2)15-22-17-23(16-21(3)4)19-25(18-22)31-30-12-11-27-26-8-6-5-7-24(26)9-10-28(27)29(30)13-14-32-31;1-6-11(7-2)13(15)10(5)14(16)12(8-3)9-4;/h5-14,17-18,20-21H,15-16H2,1-4H3;11-12,15H,6-9H2,1-5H3;/q-1;;/b;13-10-;/i;5D3;. The van der Waals surface area contributed by atoms with Gasteiger partial charge < -0.3 is 10.1 Å². The molecule has 0 unspecified atom stereocenters. The van der Waals surface area contributed by atoms with Crippen molar-refractivity contribution < 1.29 is 34.1 Å². The Balaban J connectivity index is 0.000000317. The molecule has 1 aromatic heterocycles. The van der Waals surface area contributed by atoms with Gasteiger partial charge in [0.25, 0.3) is 0 Å². The van der Waals surface area contributed by atoms with Gasteiger partial charge >= 0.3 is 0 Å². The first-order chi connectivity index (χ1) is 24.2. The van der Waals surface area contributed by atoms with Gasteiger partial charge in [-0.3, -0.25) is 4.79 Å². The third-order valence-electron chi connectivity index (χ3n) is 9.41. The number of benzene rings is 4. The number of aromatic nitrogens is 1. The fourth-order valence-corrected chi connectivity index (χ4v) is 6.80. The fourth-order valence-electron chi connectivity index (χ4n) is 6.80. The summed E-state index contributed by atoms with van der Waals surface area (Å²) in [4.78, 5) is 17.2. The number of rotatable bonds is 12. The number of nitrogens with zero attached hydrogens (tertiary/aromatic N) is 1. The Morgan fingerprint density at radius 2 is 1.35 bits per heavy atom. The molecule has 0 fully saturated rings. The molecule has 0 aliphatic heterocycles. The number of carbonyl (C=O) groups excluding carboxylic acids is 1. The molecule has 0 amide bonds. The zero-order chi connectivity index (χ0) is 37.5. The summed E-state index contributed by atoms with van der Waals surface area (Å²) < 4.78 is 22.6. The molecular weight excluding hydrogens is 779 g/mol. The fraction of sp³-hybridized carbons (Fsp3) is 0.422. The van der Waals surface area contributed by atoms with E-state index in [1.165, 1.54) is 43.4 Å². The van der Waals surface area contributed by atoms with Crippen LogP contribution in [0.3, 0.4) is 0 Å². The summed E-state index contributed by atoms with van der Waals surface area (Å²) in [6, 6.07) is 28.1. The molecule has 1 N–H and O–H groups in total. The largest absolute Gasteiger partial charge is 0.512 e. The van der Waals surface area contributed by atoms with E-state index in [1.807, 2.05) is 33.9 Å². The molecule has 0 spiro atoms. The van der Waals surface area contributed by atoms with Crippen LogP contribution in [-0.2, 0) is 37.7 Å². The molecule has 5 rings (SSSR count). The van der Waals surface area contributed by atoms with Gasteiger partial charge in [-0.15, -0.1) is 34.9 Å². The smallest absolute Gasteiger partial charge is 0.164 e. The summed E-state index contributed by atoms with van der Waals surface area (Å²) in [5, 5.41) is 17.8. The van der Waals surface area contributed by atoms with E-state index in [4.69, 9.17) is 9.10 Å². The van der Waals surface area contributed by atoms with Gasteiger partial charge in [0.2, 0.25) is 0 Å². The first-order valence-corrected chi connectivity index (χ1v) is 18.0. The zero-order valence-electron chi connectivity index (χ0n) is 33.6. The molecule has 263 valence electrons.